The number of aromatic amines is 1. The van der Waals surface area contributed by atoms with Gasteiger partial charge in [-0.2, -0.15) is 0 Å². The van der Waals surface area contributed by atoms with Crippen molar-refractivity contribution < 1.29 is 53.6 Å². The summed E-state index contributed by atoms with van der Waals surface area (Å²) in [4.78, 5) is 85.8. The summed E-state index contributed by atoms with van der Waals surface area (Å²) in [6.07, 6.45) is 3.98. The standard InChI is InChI=1S/C42H44N8O11S/c1-21(2)12-30(37(55)44-18-35(53)48-31(14-23-17-43-20-46-23)38(56)45-19-36(54)50-11-3-4-32(50)39(57)58)49-41(62)47-22-5-8-27-26(13-22)40(59)61-42(27)28-9-6-24(51)15-33(28)60-34-16-25(52)7-10-29(34)42/h5-10,13,15-17,20-21,30-32,51-52H,3-4,11-12,14,18-19H2,1-2H3,(H,43,46)(H,44,55)(H,45,56)(H,48,53)(H,57,58)(H2,47,49,62)/t30-,31-,32-/m0/s1. The number of nitrogens with one attached hydrogen (secondary N) is 6. The lowest BCUT2D eigenvalue weighted by Crippen LogP contribution is -2.54. The first-order valence-corrected chi connectivity index (χ1v) is 20.2. The van der Waals surface area contributed by atoms with Gasteiger partial charge >= 0.3 is 11.9 Å². The van der Waals surface area contributed by atoms with Crippen molar-refractivity contribution in [2.24, 2.45) is 5.92 Å². The van der Waals surface area contributed by atoms with Crippen molar-refractivity contribution in [2.75, 3.05) is 25.0 Å². The normalized spacial score (nSPS) is 16.5. The molecule has 4 amide bonds. The molecule has 1 saturated heterocycles. The van der Waals surface area contributed by atoms with Gasteiger partial charge in [-0.15, -0.1) is 0 Å². The van der Waals surface area contributed by atoms with E-state index in [0.29, 0.717) is 47.3 Å². The number of H-pyrrole nitrogens is 1. The smallest absolute Gasteiger partial charge is 0.340 e. The highest BCUT2D eigenvalue weighted by Gasteiger charge is 2.53. The zero-order chi connectivity index (χ0) is 44.3. The molecule has 1 fully saturated rings. The van der Waals surface area contributed by atoms with Gasteiger partial charge in [0.25, 0.3) is 0 Å². The molecule has 324 valence electrons. The van der Waals surface area contributed by atoms with E-state index in [1.165, 1.54) is 41.7 Å². The number of likely N-dealkylation sites (tertiary alicyclic amines) is 1. The van der Waals surface area contributed by atoms with Crippen molar-refractivity contribution in [2.45, 2.75) is 63.3 Å². The number of aromatic hydroxyl groups is 2. The molecule has 0 radical (unpaired) electrons. The SMILES string of the molecule is CC(C)C[C@H](NC(=S)Nc1ccc2c(c1)C(=O)OC21c2ccc(O)cc2Oc2cc(O)ccc21)C(=O)NCC(=O)N[C@@H](Cc1cnc[nH]1)C(=O)NCC(=O)N1CCC[C@H]1C(=O)O. The number of fused-ring (bicyclic) bond motifs is 6. The van der Waals surface area contributed by atoms with Gasteiger partial charge in [0.1, 0.15) is 41.1 Å². The first kappa shape index (κ1) is 42.9. The number of carbonyl (C=O) groups is 6. The van der Waals surface area contributed by atoms with Crippen LogP contribution < -0.4 is 31.3 Å². The summed E-state index contributed by atoms with van der Waals surface area (Å²) in [5.74, 6) is -3.97. The molecule has 1 aromatic heterocycles. The third-order valence-electron chi connectivity index (χ3n) is 10.7. The second kappa shape index (κ2) is 17.8. The molecular formula is C42H44N8O11S. The Morgan fingerprint density at radius 2 is 1.58 bits per heavy atom. The number of imidazole rings is 1. The number of hydrogen-bond donors (Lipinski definition) is 9. The van der Waals surface area contributed by atoms with Crippen LogP contribution in [-0.4, -0.2) is 109 Å². The fourth-order valence-corrected chi connectivity index (χ4v) is 8.14. The molecule has 3 aromatic carbocycles. The molecule has 62 heavy (non-hydrogen) atoms. The van der Waals surface area contributed by atoms with Crippen molar-refractivity contribution in [1.82, 2.24) is 36.1 Å². The molecule has 19 nitrogen and oxygen atoms in total. The monoisotopic (exact) mass is 868 g/mol. The summed E-state index contributed by atoms with van der Waals surface area (Å²) in [5.41, 5.74) is 1.08. The van der Waals surface area contributed by atoms with Crippen molar-refractivity contribution in [3.05, 3.63) is 95.1 Å². The first-order chi connectivity index (χ1) is 29.6. The summed E-state index contributed by atoms with van der Waals surface area (Å²) < 4.78 is 12.2. The number of anilines is 1. The molecule has 0 aliphatic carbocycles. The molecule has 3 aliphatic heterocycles. The minimum absolute atomic E-state index is 0.00594. The number of hydrogen-bond acceptors (Lipinski definition) is 12. The minimum Gasteiger partial charge on any atom is -0.508 e. The molecule has 0 bridgehead atoms. The van der Waals surface area contributed by atoms with Crippen LogP contribution in [-0.2, 0) is 40.7 Å². The van der Waals surface area contributed by atoms with Gasteiger partial charge < -0.3 is 61.3 Å². The maximum absolute atomic E-state index is 13.6. The quantitative estimate of drug-likeness (QED) is 0.0649. The van der Waals surface area contributed by atoms with Crippen LogP contribution in [0.15, 0.2) is 67.1 Å². The van der Waals surface area contributed by atoms with Crippen LogP contribution in [0.3, 0.4) is 0 Å². The number of aromatic nitrogens is 2. The van der Waals surface area contributed by atoms with Crippen LogP contribution in [0.1, 0.15) is 65.9 Å². The molecule has 1 spiro atoms. The predicted molar refractivity (Wildman–Crippen MR) is 223 cm³/mol. The van der Waals surface area contributed by atoms with Gasteiger partial charge in [0.05, 0.1) is 25.0 Å². The minimum atomic E-state index is -1.45. The van der Waals surface area contributed by atoms with E-state index in [1.807, 2.05) is 13.8 Å². The molecule has 3 aliphatic rings. The maximum Gasteiger partial charge on any atom is 0.340 e. The van der Waals surface area contributed by atoms with E-state index in [1.54, 1.807) is 30.3 Å². The van der Waals surface area contributed by atoms with Crippen molar-refractivity contribution in [1.29, 1.82) is 0 Å². The van der Waals surface area contributed by atoms with E-state index in [9.17, 15) is 44.1 Å². The predicted octanol–water partition coefficient (Wildman–Crippen LogP) is 2.13. The first-order valence-electron chi connectivity index (χ1n) is 19.8. The zero-order valence-corrected chi connectivity index (χ0v) is 34.3. The molecule has 3 atom stereocenters. The third kappa shape index (κ3) is 8.94. The number of carbonyl (C=O) groups excluding carboxylic acids is 5. The fourth-order valence-electron chi connectivity index (χ4n) is 7.88. The largest absolute Gasteiger partial charge is 0.508 e. The Hall–Kier alpha value is -7.22. The number of amides is 4. The molecule has 0 saturated carbocycles. The van der Waals surface area contributed by atoms with Crippen molar-refractivity contribution in [3.63, 3.8) is 0 Å². The Kier molecular flexibility index (Phi) is 12.3. The van der Waals surface area contributed by atoms with Gasteiger partial charge in [0.15, 0.2) is 10.7 Å². The lowest BCUT2D eigenvalue weighted by atomic mass is 9.77. The number of carboxylic acids is 1. The van der Waals surface area contributed by atoms with Crippen LogP contribution in [0.4, 0.5) is 5.69 Å². The van der Waals surface area contributed by atoms with E-state index < -0.39 is 72.4 Å². The number of ether oxygens (including phenoxy) is 2. The molecule has 4 aromatic rings. The number of nitrogens with zero attached hydrogens (tertiary/aromatic N) is 2. The number of thiocarbonyl (C=S) groups is 1. The highest BCUT2D eigenvalue weighted by Crippen LogP contribution is 2.57. The van der Waals surface area contributed by atoms with Crippen LogP contribution in [0.25, 0.3) is 0 Å². The lowest BCUT2D eigenvalue weighted by molar-refractivity contribution is -0.148. The Morgan fingerprint density at radius 1 is 0.919 bits per heavy atom. The average Bonchev–Trinajstić information content (AvgIpc) is 3.99. The molecule has 20 heteroatoms. The Labute approximate surface area is 359 Å². The van der Waals surface area contributed by atoms with Crippen LogP contribution in [0.5, 0.6) is 23.0 Å². The second-order valence-electron chi connectivity index (χ2n) is 15.5. The van der Waals surface area contributed by atoms with Gasteiger partial charge in [-0.1, -0.05) is 19.9 Å². The summed E-state index contributed by atoms with van der Waals surface area (Å²) in [7, 11) is 0. The number of aliphatic carboxylic acids is 1. The van der Waals surface area contributed by atoms with Gasteiger partial charge in [-0.05, 0) is 73.8 Å². The summed E-state index contributed by atoms with van der Waals surface area (Å²) in [6.45, 7) is 3.06. The van der Waals surface area contributed by atoms with Crippen molar-refractivity contribution >= 4 is 58.6 Å². The molecule has 0 unspecified atom stereocenters. The number of esters is 1. The number of carboxylic acid groups (broad SMARTS) is 1. The number of rotatable bonds is 14. The summed E-state index contributed by atoms with van der Waals surface area (Å²) >= 11 is 5.59. The molecular weight excluding hydrogens is 825 g/mol. The zero-order valence-electron chi connectivity index (χ0n) is 33.5. The number of phenolic OH excluding ortho intramolecular Hbond substituents is 2. The second-order valence-corrected chi connectivity index (χ2v) is 15.9. The summed E-state index contributed by atoms with van der Waals surface area (Å²) in [5, 5.41) is 43.6. The van der Waals surface area contributed by atoms with Crippen LogP contribution in [0, 0.1) is 5.92 Å². The number of benzene rings is 3. The Morgan fingerprint density at radius 3 is 2.23 bits per heavy atom. The topological polar surface area (TPSA) is 274 Å². The highest BCUT2D eigenvalue weighted by molar-refractivity contribution is 7.80. The Bertz CT molecular complexity index is 2390. The van der Waals surface area contributed by atoms with Crippen LogP contribution >= 0.6 is 12.2 Å². The van der Waals surface area contributed by atoms with E-state index in [2.05, 4.69) is 36.6 Å². The van der Waals surface area contributed by atoms with Crippen LogP contribution in [0.2, 0.25) is 0 Å². The van der Waals surface area contributed by atoms with Gasteiger partial charge in [-0.3, -0.25) is 19.2 Å². The maximum atomic E-state index is 13.6. The molecule has 9 N–H and O–H groups in total. The van der Waals surface area contributed by atoms with Gasteiger partial charge in [0, 0.05) is 59.4 Å². The third-order valence-corrected chi connectivity index (χ3v) is 10.9. The Balaban J connectivity index is 0.990. The lowest BCUT2D eigenvalue weighted by Gasteiger charge is -2.36. The van der Waals surface area contributed by atoms with Gasteiger partial charge in [0.2, 0.25) is 23.6 Å². The molecule has 4 heterocycles. The summed E-state index contributed by atoms with van der Waals surface area (Å²) in [6, 6.07) is 10.8. The average molecular weight is 869 g/mol. The fraction of sp³-hybridized carbons (Fsp3) is 0.333. The van der Waals surface area contributed by atoms with E-state index in [0.717, 1.165) is 0 Å². The van der Waals surface area contributed by atoms with Gasteiger partial charge in [-0.25, -0.2) is 14.6 Å². The van der Waals surface area contributed by atoms with E-state index >= 15 is 0 Å². The highest BCUT2D eigenvalue weighted by atomic mass is 32.1. The van der Waals surface area contributed by atoms with E-state index in [4.69, 9.17) is 21.7 Å². The number of phenols is 2. The van der Waals surface area contributed by atoms with E-state index in [-0.39, 0.29) is 52.6 Å². The van der Waals surface area contributed by atoms with Crippen molar-refractivity contribution in [3.8, 4) is 23.0 Å². The molecule has 7 rings (SSSR count).